The van der Waals surface area contributed by atoms with Crippen LogP contribution in [-0.4, -0.2) is 93.2 Å². The molecular formula is C22H37N5O. The predicted molar refractivity (Wildman–Crippen MR) is 116 cm³/mol. The summed E-state index contributed by atoms with van der Waals surface area (Å²) >= 11 is 0. The Labute approximate surface area is 170 Å². The van der Waals surface area contributed by atoms with Gasteiger partial charge in [0.05, 0.1) is 7.11 Å². The Morgan fingerprint density at radius 3 is 2.50 bits per heavy atom. The molecule has 2 saturated heterocycles. The lowest BCUT2D eigenvalue weighted by atomic mass is 9.98. The summed E-state index contributed by atoms with van der Waals surface area (Å²) in [6, 6.07) is 9.04. The number of benzene rings is 1. The van der Waals surface area contributed by atoms with E-state index in [4.69, 9.17) is 4.74 Å². The maximum atomic E-state index is 5.28. The number of methoxy groups -OCH3 is 1. The minimum atomic E-state index is 0.524. The second-order valence-electron chi connectivity index (χ2n) is 7.95. The van der Waals surface area contributed by atoms with E-state index >= 15 is 0 Å². The maximum absolute atomic E-state index is 5.28. The first kappa shape index (κ1) is 20.9. The van der Waals surface area contributed by atoms with Crippen molar-refractivity contribution in [1.29, 1.82) is 0 Å². The molecule has 3 rings (SSSR count). The van der Waals surface area contributed by atoms with E-state index < -0.39 is 0 Å². The maximum Gasteiger partial charge on any atom is 0.193 e. The monoisotopic (exact) mass is 387 g/mol. The lowest BCUT2D eigenvalue weighted by Gasteiger charge is -2.38. The normalized spacial score (nSPS) is 23.1. The number of aliphatic imine (C=N–C) groups is 1. The van der Waals surface area contributed by atoms with Gasteiger partial charge in [-0.05, 0) is 37.6 Å². The molecule has 2 aliphatic rings. The first-order valence-electron chi connectivity index (χ1n) is 10.7. The summed E-state index contributed by atoms with van der Waals surface area (Å²) in [7, 11) is 3.61. The summed E-state index contributed by atoms with van der Waals surface area (Å²) in [5.74, 6) is 2.52. The number of likely N-dealkylation sites (N-methyl/N-ethyl adjacent to an activating group) is 1. The molecule has 2 heterocycles. The minimum absolute atomic E-state index is 0.524. The Morgan fingerprint density at radius 2 is 1.89 bits per heavy atom. The Balaban J connectivity index is 1.47. The van der Waals surface area contributed by atoms with E-state index in [1.807, 2.05) is 7.05 Å². The van der Waals surface area contributed by atoms with Crippen LogP contribution in [-0.2, 0) is 0 Å². The minimum Gasteiger partial charge on any atom is -0.497 e. The molecule has 2 fully saturated rings. The smallest absolute Gasteiger partial charge is 0.193 e. The zero-order chi connectivity index (χ0) is 19.9. The first-order valence-corrected chi connectivity index (χ1v) is 10.7. The molecular weight excluding hydrogens is 350 g/mol. The van der Waals surface area contributed by atoms with Crippen LogP contribution in [0.5, 0.6) is 5.75 Å². The Morgan fingerprint density at radius 1 is 1.18 bits per heavy atom. The van der Waals surface area contributed by atoms with Gasteiger partial charge in [0.15, 0.2) is 5.96 Å². The first-order chi connectivity index (χ1) is 13.6. The summed E-state index contributed by atoms with van der Waals surface area (Å²) in [6.07, 6.45) is 1.17. The number of nitrogens with zero attached hydrogens (tertiary/aromatic N) is 4. The zero-order valence-electron chi connectivity index (χ0n) is 18.0. The topological polar surface area (TPSA) is 43.3 Å². The van der Waals surface area contributed by atoms with Gasteiger partial charge in [-0.1, -0.05) is 19.1 Å². The fourth-order valence-electron chi connectivity index (χ4n) is 4.32. The van der Waals surface area contributed by atoms with E-state index in [0.29, 0.717) is 12.0 Å². The number of nitrogens with one attached hydrogen (secondary N) is 1. The van der Waals surface area contributed by atoms with E-state index in [2.05, 4.69) is 63.1 Å². The molecule has 2 atom stereocenters. The van der Waals surface area contributed by atoms with E-state index in [0.717, 1.165) is 37.9 Å². The summed E-state index contributed by atoms with van der Waals surface area (Å²) in [6.45, 7) is 13.5. The molecule has 0 spiro atoms. The van der Waals surface area contributed by atoms with Crippen molar-refractivity contribution in [2.45, 2.75) is 32.2 Å². The van der Waals surface area contributed by atoms with Crippen molar-refractivity contribution in [3.05, 3.63) is 29.8 Å². The van der Waals surface area contributed by atoms with Gasteiger partial charge in [-0.15, -0.1) is 0 Å². The Hall–Kier alpha value is -1.79. The van der Waals surface area contributed by atoms with E-state index in [1.165, 1.54) is 38.2 Å². The third-order valence-corrected chi connectivity index (χ3v) is 6.32. The van der Waals surface area contributed by atoms with Crippen molar-refractivity contribution >= 4 is 5.96 Å². The average Bonchev–Trinajstić information content (AvgIpc) is 3.24. The quantitative estimate of drug-likeness (QED) is 0.598. The second-order valence-corrected chi connectivity index (χ2v) is 7.95. The molecule has 2 unspecified atom stereocenters. The van der Waals surface area contributed by atoms with Crippen LogP contribution >= 0.6 is 0 Å². The molecule has 156 valence electrons. The molecule has 0 aliphatic carbocycles. The van der Waals surface area contributed by atoms with Crippen LogP contribution in [0, 0.1) is 0 Å². The summed E-state index contributed by atoms with van der Waals surface area (Å²) in [5.41, 5.74) is 1.39. The van der Waals surface area contributed by atoms with Gasteiger partial charge in [0.25, 0.3) is 0 Å². The Kier molecular flexibility index (Phi) is 7.57. The molecule has 0 amide bonds. The van der Waals surface area contributed by atoms with Crippen molar-refractivity contribution in [2.24, 2.45) is 4.99 Å². The summed E-state index contributed by atoms with van der Waals surface area (Å²) < 4.78 is 5.28. The number of rotatable bonds is 6. The van der Waals surface area contributed by atoms with Crippen LogP contribution < -0.4 is 10.1 Å². The van der Waals surface area contributed by atoms with Crippen molar-refractivity contribution in [1.82, 2.24) is 20.0 Å². The SMILES string of the molecule is CCN1CCN(C(C)CNC(=NC)N2CCC(c3ccc(OC)cc3)C2)CC1. The highest BCUT2D eigenvalue weighted by Crippen LogP contribution is 2.28. The lowest BCUT2D eigenvalue weighted by Crippen LogP contribution is -2.53. The van der Waals surface area contributed by atoms with Crippen LogP contribution in [0.1, 0.15) is 31.7 Å². The third kappa shape index (κ3) is 5.17. The largest absolute Gasteiger partial charge is 0.497 e. The van der Waals surface area contributed by atoms with Gasteiger partial charge in [0, 0.05) is 64.8 Å². The average molecular weight is 388 g/mol. The number of likely N-dealkylation sites (tertiary alicyclic amines) is 1. The number of guanidine groups is 1. The molecule has 6 heteroatoms. The zero-order valence-corrected chi connectivity index (χ0v) is 18.0. The molecule has 6 nitrogen and oxygen atoms in total. The number of ether oxygens (including phenoxy) is 1. The molecule has 0 saturated carbocycles. The molecule has 0 bridgehead atoms. The van der Waals surface area contributed by atoms with Gasteiger partial charge in [0.1, 0.15) is 5.75 Å². The molecule has 2 aliphatic heterocycles. The van der Waals surface area contributed by atoms with Crippen molar-refractivity contribution < 1.29 is 4.74 Å². The van der Waals surface area contributed by atoms with E-state index in [9.17, 15) is 0 Å². The highest BCUT2D eigenvalue weighted by atomic mass is 16.5. The number of hydrogen-bond donors (Lipinski definition) is 1. The molecule has 1 aromatic carbocycles. The standard InChI is InChI=1S/C22H37N5O/c1-5-25-12-14-26(15-13-25)18(2)16-24-22(23-3)27-11-10-20(17-27)19-6-8-21(28-4)9-7-19/h6-9,18,20H,5,10-17H2,1-4H3,(H,23,24). The van der Waals surface area contributed by atoms with Crippen LogP contribution in [0.25, 0.3) is 0 Å². The fraction of sp³-hybridized carbons (Fsp3) is 0.682. The number of piperazine rings is 1. The molecule has 1 N–H and O–H groups in total. The van der Waals surface area contributed by atoms with Gasteiger partial charge in [-0.2, -0.15) is 0 Å². The van der Waals surface area contributed by atoms with E-state index in [-0.39, 0.29) is 0 Å². The molecule has 0 radical (unpaired) electrons. The Bertz CT molecular complexity index is 624. The van der Waals surface area contributed by atoms with Crippen LogP contribution in [0.4, 0.5) is 0 Å². The van der Waals surface area contributed by atoms with Crippen LogP contribution in [0.15, 0.2) is 29.3 Å². The van der Waals surface area contributed by atoms with Gasteiger partial charge < -0.3 is 19.9 Å². The summed E-state index contributed by atoms with van der Waals surface area (Å²) in [4.78, 5) is 12.1. The second kappa shape index (κ2) is 10.1. The van der Waals surface area contributed by atoms with Crippen LogP contribution in [0.2, 0.25) is 0 Å². The van der Waals surface area contributed by atoms with Crippen molar-refractivity contribution in [3.63, 3.8) is 0 Å². The van der Waals surface area contributed by atoms with Crippen molar-refractivity contribution in [3.8, 4) is 5.75 Å². The fourth-order valence-corrected chi connectivity index (χ4v) is 4.32. The molecule has 0 aromatic heterocycles. The number of hydrogen-bond acceptors (Lipinski definition) is 4. The third-order valence-electron chi connectivity index (χ3n) is 6.32. The molecule has 28 heavy (non-hydrogen) atoms. The van der Waals surface area contributed by atoms with Crippen molar-refractivity contribution in [2.75, 3.05) is 66.5 Å². The van der Waals surface area contributed by atoms with Gasteiger partial charge in [0.2, 0.25) is 0 Å². The highest BCUT2D eigenvalue weighted by molar-refractivity contribution is 5.80. The molecule has 1 aromatic rings. The van der Waals surface area contributed by atoms with Crippen LogP contribution in [0.3, 0.4) is 0 Å². The van der Waals surface area contributed by atoms with E-state index in [1.54, 1.807) is 7.11 Å². The van der Waals surface area contributed by atoms with Gasteiger partial charge in [-0.25, -0.2) is 0 Å². The van der Waals surface area contributed by atoms with Gasteiger partial charge >= 0.3 is 0 Å². The lowest BCUT2D eigenvalue weighted by molar-refractivity contribution is 0.107. The van der Waals surface area contributed by atoms with Gasteiger partial charge in [-0.3, -0.25) is 9.89 Å². The predicted octanol–water partition coefficient (Wildman–Crippen LogP) is 2.09. The summed E-state index contributed by atoms with van der Waals surface area (Å²) in [5, 5.41) is 3.62. The highest BCUT2D eigenvalue weighted by Gasteiger charge is 2.27.